The van der Waals surface area contributed by atoms with Crippen LogP contribution in [0, 0.1) is 5.92 Å². The van der Waals surface area contributed by atoms with Gasteiger partial charge in [-0.1, -0.05) is 6.42 Å². The van der Waals surface area contributed by atoms with Gasteiger partial charge in [0.2, 0.25) is 0 Å². The number of carbonyl (C=O) groups is 1. The Kier molecular flexibility index (Phi) is 5.19. The number of pyridine rings is 1. The zero-order valence-electron chi connectivity index (χ0n) is 11.1. The predicted molar refractivity (Wildman–Crippen MR) is 77.9 cm³/mol. The summed E-state index contributed by atoms with van der Waals surface area (Å²) >= 11 is 3.32. The van der Waals surface area contributed by atoms with Crippen LogP contribution in [0.4, 0.5) is 5.69 Å². The van der Waals surface area contributed by atoms with Crippen molar-refractivity contribution in [2.45, 2.75) is 38.6 Å². The lowest BCUT2D eigenvalue weighted by Crippen LogP contribution is -2.32. The van der Waals surface area contributed by atoms with Gasteiger partial charge in [0.15, 0.2) is 0 Å². The number of hydrogen-bond donors (Lipinski definition) is 1. The van der Waals surface area contributed by atoms with Crippen molar-refractivity contribution in [3.05, 3.63) is 22.9 Å². The largest absolute Gasteiger partial charge is 0.466 e. The average Bonchev–Trinajstić information content (AvgIpc) is 2.42. The van der Waals surface area contributed by atoms with Crippen LogP contribution in [0.5, 0.6) is 0 Å². The maximum atomic E-state index is 11.8. The molecule has 5 heteroatoms. The highest BCUT2D eigenvalue weighted by atomic mass is 79.9. The Hall–Kier alpha value is -1.10. The fraction of sp³-hybridized carbons (Fsp3) is 0.571. The molecule has 0 aromatic carbocycles. The molecule has 0 radical (unpaired) electrons. The minimum absolute atomic E-state index is 0.0367. The Morgan fingerprint density at radius 2 is 2.37 bits per heavy atom. The van der Waals surface area contributed by atoms with Gasteiger partial charge in [-0.05, 0) is 54.2 Å². The van der Waals surface area contributed by atoms with Gasteiger partial charge in [-0.25, -0.2) is 4.98 Å². The van der Waals surface area contributed by atoms with Crippen molar-refractivity contribution in [3.63, 3.8) is 0 Å². The number of nitrogens with zero attached hydrogens (tertiary/aromatic N) is 1. The minimum Gasteiger partial charge on any atom is -0.466 e. The molecule has 0 spiro atoms. The molecule has 104 valence electrons. The van der Waals surface area contributed by atoms with Crippen LogP contribution in [0.3, 0.4) is 0 Å². The Balaban J connectivity index is 1.90. The summed E-state index contributed by atoms with van der Waals surface area (Å²) in [4.78, 5) is 16.0. The second kappa shape index (κ2) is 6.89. The fourth-order valence-corrected chi connectivity index (χ4v) is 2.73. The van der Waals surface area contributed by atoms with E-state index in [1.807, 2.05) is 19.1 Å². The second-order valence-corrected chi connectivity index (χ2v) is 5.64. The molecule has 0 saturated heterocycles. The number of halogens is 1. The number of aromatic nitrogens is 1. The summed E-state index contributed by atoms with van der Waals surface area (Å²) < 4.78 is 5.94. The minimum atomic E-state index is -0.0528. The molecule has 1 heterocycles. The molecule has 2 rings (SSSR count). The van der Waals surface area contributed by atoms with Crippen LogP contribution < -0.4 is 5.32 Å². The molecule has 1 aromatic heterocycles. The lowest BCUT2D eigenvalue weighted by atomic mass is 9.85. The summed E-state index contributed by atoms with van der Waals surface area (Å²) in [6.45, 7) is 2.31. The molecule has 0 aliphatic heterocycles. The number of hydrogen-bond acceptors (Lipinski definition) is 4. The Bertz CT molecular complexity index is 422. The molecule has 0 amide bonds. The molecule has 0 bridgehead atoms. The van der Waals surface area contributed by atoms with Crippen LogP contribution in [0.1, 0.15) is 32.6 Å². The van der Waals surface area contributed by atoms with Crippen LogP contribution >= 0.6 is 15.9 Å². The zero-order chi connectivity index (χ0) is 13.7. The molecule has 1 saturated carbocycles. The fourth-order valence-electron chi connectivity index (χ4n) is 2.49. The first-order valence-electron chi connectivity index (χ1n) is 6.73. The number of ether oxygens (including phenoxy) is 1. The molecule has 1 fully saturated rings. The van der Waals surface area contributed by atoms with Crippen molar-refractivity contribution in [1.29, 1.82) is 0 Å². The number of nitrogens with one attached hydrogen (secondary N) is 1. The SMILES string of the molecule is CCOC(=O)C1CCCC(Nc2ccc(Br)nc2)C1. The van der Waals surface area contributed by atoms with E-state index in [1.54, 1.807) is 6.20 Å². The van der Waals surface area contributed by atoms with Gasteiger partial charge in [-0.15, -0.1) is 0 Å². The average molecular weight is 327 g/mol. The van der Waals surface area contributed by atoms with Gasteiger partial charge in [-0.2, -0.15) is 0 Å². The van der Waals surface area contributed by atoms with Crippen molar-refractivity contribution in [2.75, 3.05) is 11.9 Å². The lowest BCUT2D eigenvalue weighted by Gasteiger charge is -2.29. The molecule has 1 N–H and O–H groups in total. The quantitative estimate of drug-likeness (QED) is 0.680. The lowest BCUT2D eigenvalue weighted by molar-refractivity contribution is -0.149. The summed E-state index contributed by atoms with van der Waals surface area (Å²) in [5.74, 6) is -0.0162. The van der Waals surface area contributed by atoms with Gasteiger partial charge in [0.25, 0.3) is 0 Å². The summed E-state index contributed by atoms with van der Waals surface area (Å²) in [6.07, 6.45) is 5.74. The van der Waals surface area contributed by atoms with E-state index in [2.05, 4.69) is 26.2 Å². The molecule has 4 nitrogen and oxygen atoms in total. The zero-order valence-corrected chi connectivity index (χ0v) is 12.6. The first kappa shape index (κ1) is 14.3. The van der Waals surface area contributed by atoms with Gasteiger partial charge in [0, 0.05) is 6.04 Å². The molecule has 2 atom stereocenters. The summed E-state index contributed by atoms with van der Waals surface area (Å²) in [5.41, 5.74) is 0.998. The van der Waals surface area contributed by atoms with E-state index in [1.165, 1.54) is 0 Å². The summed E-state index contributed by atoms with van der Waals surface area (Å²) in [6, 6.07) is 4.23. The van der Waals surface area contributed by atoms with Crippen LogP contribution in [0.15, 0.2) is 22.9 Å². The van der Waals surface area contributed by atoms with E-state index in [9.17, 15) is 4.79 Å². The molecular weight excluding hydrogens is 308 g/mol. The number of esters is 1. The van der Waals surface area contributed by atoms with Gasteiger partial charge in [-0.3, -0.25) is 4.79 Å². The van der Waals surface area contributed by atoms with E-state index in [4.69, 9.17) is 4.74 Å². The summed E-state index contributed by atoms with van der Waals surface area (Å²) in [7, 11) is 0. The third-order valence-electron chi connectivity index (χ3n) is 3.39. The Morgan fingerprint density at radius 3 is 3.05 bits per heavy atom. The molecule has 1 aliphatic carbocycles. The predicted octanol–water partition coefficient (Wildman–Crippen LogP) is 3.38. The van der Waals surface area contributed by atoms with Gasteiger partial charge >= 0.3 is 5.97 Å². The molecule has 19 heavy (non-hydrogen) atoms. The second-order valence-electron chi connectivity index (χ2n) is 4.83. The number of anilines is 1. The molecule has 2 unspecified atom stereocenters. The van der Waals surface area contributed by atoms with E-state index in [-0.39, 0.29) is 11.9 Å². The highest BCUT2D eigenvalue weighted by Crippen LogP contribution is 2.27. The van der Waals surface area contributed by atoms with E-state index < -0.39 is 0 Å². The van der Waals surface area contributed by atoms with E-state index >= 15 is 0 Å². The topological polar surface area (TPSA) is 51.2 Å². The van der Waals surface area contributed by atoms with Gasteiger partial charge in [0.05, 0.1) is 24.4 Å². The maximum absolute atomic E-state index is 11.8. The van der Waals surface area contributed by atoms with Crippen molar-refractivity contribution in [1.82, 2.24) is 4.98 Å². The molecule has 1 aromatic rings. The number of carbonyl (C=O) groups excluding carboxylic acids is 1. The number of rotatable bonds is 4. The highest BCUT2D eigenvalue weighted by Gasteiger charge is 2.28. The van der Waals surface area contributed by atoms with Crippen LogP contribution in [0.25, 0.3) is 0 Å². The standard InChI is InChI=1S/C14H19BrN2O2/c1-2-19-14(18)10-4-3-5-11(8-10)17-12-6-7-13(15)16-9-12/h6-7,9-11,17H,2-5,8H2,1H3. The Labute approximate surface area is 122 Å². The van der Waals surface area contributed by atoms with Gasteiger partial charge in [0.1, 0.15) is 4.60 Å². The van der Waals surface area contributed by atoms with Gasteiger partial charge < -0.3 is 10.1 Å². The maximum Gasteiger partial charge on any atom is 0.308 e. The highest BCUT2D eigenvalue weighted by molar-refractivity contribution is 9.10. The normalized spacial score (nSPS) is 22.8. The first-order chi connectivity index (χ1) is 9.19. The van der Waals surface area contributed by atoms with Crippen molar-refractivity contribution in [2.24, 2.45) is 5.92 Å². The summed E-state index contributed by atoms with van der Waals surface area (Å²) in [5, 5.41) is 3.44. The van der Waals surface area contributed by atoms with Crippen molar-refractivity contribution < 1.29 is 9.53 Å². The monoisotopic (exact) mass is 326 g/mol. The Morgan fingerprint density at radius 1 is 1.53 bits per heavy atom. The van der Waals surface area contributed by atoms with Crippen LogP contribution in [-0.4, -0.2) is 23.6 Å². The molecular formula is C14H19BrN2O2. The van der Waals surface area contributed by atoms with Crippen LogP contribution in [0.2, 0.25) is 0 Å². The van der Waals surface area contributed by atoms with Crippen molar-refractivity contribution >= 4 is 27.6 Å². The molecule has 1 aliphatic rings. The first-order valence-corrected chi connectivity index (χ1v) is 7.53. The van der Waals surface area contributed by atoms with Crippen molar-refractivity contribution in [3.8, 4) is 0 Å². The van der Waals surface area contributed by atoms with E-state index in [0.29, 0.717) is 12.6 Å². The third-order valence-corrected chi connectivity index (χ3v) is 3.86. The third kappa shape index (κ3) is 4.20. The smallest absolute Gasteiger partial charge is 0.308 e. The van der Waals surface area contributed by atoms with Crippen LogP contribution in [-0.2, 0) is 9.53 Å². The van der Waals surface area contributed by atoms with E-state index in [0.717, 1.165) is 36.0 Å².